The van der Waals surface area contributed by atoms with Crippen molar-refractivity contribution in [3.63, 3.8) is 0 Å². The van der Waals surface area contributed by atoms with Gasteiger partial charge in [-0.1, -0.05) is 221 Å². The summed E-state index contributed by atoms with van der Waals surface area (Å²) < 4.78 is 16.7. The maximum atomic E-state index is 12.7. The summed E-state index contributed by atoms with van der Waals surface area (Å²) in [5.74, 6) is -1.06. The third kappa shape index (κ3) is 47.6. The summed E-state index contributed by atoms with van der Waals surface area (Å²) in [6.45, 7) is 6.40. The third-order valence-electron chi connectivity index (χ3n) is 10.7. The Kier molecular flexibility index (Phi) is 47.5. The fourth-order valence-electron chi connectivity index (χ4n) is 6.84. The Hall–Kier alpha value is -3.41. The average Bonchev–Trinajstić information content (AvgIpc) is 3.27. The van der Waals surface area contributed by atoms with Crippen molar-refractivity contribution in [3.05, 3.63) is 85.1 Å². The van der Waals surface area contributed by atoms with Crippen LogP contribution in [-0.2, 0) is 28.6 Å². The van der Waals surface area contributed by atoms with Crippen LogP contribution in [0, 0.1) is 0 Å². The summed E-state index contributed by atoms with van der Waals surface area (Å²) in [6, 6.07) is 0. The van der Waals surface area contributed by atoms with Crippen LogP contribution in [0.2, 0.25) is 0 Å². The van der Waals surface area contributed by atoms with E-state index in [1.807, 2.05) is 6.08 Å². The summed E-state index contributed by atoms with van der Waals surface area (Å²) in [7, 11) is 0. The molecule has 0 amide bonds. The Labute approximate surface area is 382 Å². The smallest absolute Gasteiger partial charge is 0.310 e. The summed E-state index contributed by atoms with van der Waals surface area (Å²) in [5, 5.41) is 0. The summed E-state index contributed by atoms with van der Waals surface area (Å²) in [5.41, 5.74) is 0. The largest absolute Gasteiger partial charge is 0.462 e. The lowest BCUT2D eigenvalue weighted by molar-refractivity contribution is -0.166. The van der Waals surface area contributed by atoms with Gasteiger partial charge >= 0.3 is 17.9 Å². The van der Waals surface area contributed by atoms with Crippen LogP contribution in [0.25, 0.3) is 0 Å². The second-order valence-electron chi connectivity index (χ2n) is 16.7. The Balaban J connectivity index is 4.48. The number of hydrogen-bond donors (Lipinski definition) is 0. The summed E-state index contributed by atoms with van der Waals surface area (Å²) in [4.78, 5) is 37.9. The van der Waals surface area contributed by atoms with E-state index in [0.29, 0.717) is 12.8 Å². The van der Waals surface area contributed by atoms with Crippen LogP contribution >= 0.6 is 0 Å². The fraction of sp³-hybridized carbons (Fsp3) is 0.696. The van der Waals surface area contributed by atoms with Crippen LogP contribution in [-0.4, -0.2) is 37.2 Å². The number of carbonyl (C=O) groups excluding carboxylic acids is 3. The first-order chi connectivity index (χ1) is 30.5. The van der Waals surface area contributed by atoms with Crippen molar-refractivity contribution in [1.29, 1.82) is 0 Å². The van der Waals surface area contributed by atoms with E-state index in [1.165, 1.54) is 109 Å². The molecule has 0 aromatic carbocycles. The van der Waals surface area contributed by atoms with Gasteiger partial charge in [-0.3, -0.25) is 14.4 Å². The molecule has 62 heavy (non-hydrogen) atoms. The SMILES string of the molecule is CC/C=C\C/C=C\C/C=C\C/C=C\C/C=C\CC(=O)OC(COC(=O)CCCCCCCCC/C=C\C/C=C\CCCCCC)COC(=O)CCCCCCCCCCCCC. The molecule has 354 valence electrons. The van der Waals surface area contributed by atoms with Crippen LogP contribution < -0.4 is 0 Å². The minimum Gasteiger partial charge on any atom is -0.462 e. The molecule has 0 bridgehead atoms. The van der Waals surface area contributed by atoms with Gasteiger partial charge in [-0.2, -0.15) is 0 Å². The van der Waals surface area contributed by atoms with Crippen LogP contribution in [0.1, 0.15) is 233 Å². The first kappa shape index (κ1) is 58.6. The number of unbranched alkanes of at least 4 members (excludes halogenated alkanes) is 21. The zero-order valence-corrected chi connectivity index (χ0v) is 40.4. The number of esters is 3. The molecule has 1 atom stereocenters. The van der Waals surface area contributed by atoms with Gasteiger partial charge in [0, 0.05) is 12.8 Å². The van der Waals surface area contributed by atoms with Crippen LogP contribution in [0.3, 0.4) is 0 Å². The highest BCUT2D eigenvalue weighted by Gasteiger charge is 2.19. The molecule has 0 heterocycles. The number of rotatable bonds is 45. The minimum absolute atomic E-state index is 0.0955. The van der Waals surface area contributed by atoms with Crippen molar-refractivity contribution < 1.29 is 28.6 Å². The predicted molar refractivity (Wildman–Crippen MR) is 265 cm³/mol. The van der Waals surface area contributed by atoms with Gasteiger partial charge in [0.2, 0.25) is 0 Å². The highest BCUT2D eigenvalue weighted by atomic mass is 16.6. The molecule has 0 saturated carbocycles. The highest BCUT2D eigenvalue weighted by molar-refractivity contribution is 5.72. The van der Waals surface area contributed by atoms with Crippen molar-refractivity contribution in [2.75, 3.05) is 13.2 Å². The summed E-state index contributed by atoms with van der Waals surface area (Å²) in [6.07, 6.45) is 64.5. The van der Waals surface area contributed by atoms with Gasteiger partial charge in [0.1, 0.15) is 13.2 Å². The van der Waals surface area contributed by atoms with Crippen LogP contribution in [0.4, 0.5) is 0 Å². The maximum Gasteiger partial charge on any atom is 0.310 e. The standard InChI is InChI=1S/C56H94O6/c1-4-7-10-13-16-19-22-24-26-27-28-30-31-34-37-40-43-46-49-55(58)61-52-53(51-60-54(57)48-45-42-39-36-33-21-18-15-12-9-6-3)62-56(59)50-47-44-41-38-35-32-29-25-23-20-17-14-11-8-5-2/h8,11,17,19-20,22,25-27,29,35,38,44,47,53H,4-7,9-10,12-16,18,21,23-24,28,30-34,36-37,39-43,45-46,48-52H2,1-3H3/b11-8-,20-17-,22-19-,27-26-,29-25-,38-35-,47-44-. The van der Waals surface area contributed by atoms with Gasteiger partial charge in [-0.25, -0.2) is 0 Å². The number of allylic oxidation sites excluding steroid dienone is 13. The molecule has 0 aliphatic rings. The first-order valence-electron chi connectivity index (χ1n) is 25.6. The van der Waals surface area contributed by atoms with E-state index in [4.69, 9.17) is 14.2 Å². The van der Waals surface area contributed by atoms with E-state index in [0.717, 1.165) is 83.5 Å². The molecule has 0 aliphatic carbocycles. The van der Waals surface area contributed by atoms with Gasteiger partial charge < -0.3 is 14.2 Å². The van der Waals surface area contributed by atoms with Gasteiger partial charge in [0.05, 0.1) is 6.42 Å². The van der Waals surface area contributed by atoms with Crippen LogP contribution in [0.15, 0.2) is 85.1 Å². The van der Waals surface area contributed by atoms with E-state index in [1.54, 1.807) is 6.08 Å². The third-order valence-corrected chi connectivity index (χ3v) is 10.7. The molecule has 0 rings (SSSR count). The monoisotopic (exact) mass is 863 g/mol. The van der Waals surface area contributed by atoms with Gasteiger partial charge in [-0.15, -0.1) is 0 Å². The molecule has 0 saturated heterocycles. The van der Waals surface area contributed by atoms with Crippen molar-refractivity contribution in [2.45, 2.75) is 239 Å². The quantitative estimate of drug-likeness (QED) is 0.0263. The molecule has 6 heteroatoms. The van der Waals surface area contributed by atoms with E-state index in [9.17, 15) is 14.4 Å². The Morgan fingerprint density at radius 2 is 0.677 bits per heavy atom. The number of carbonyl (C=O) groups is 3. The molecule has 6 nitrogen and oxygen atoms in total. The van der Waals surface area contributed by atoms with Crippen molar-refractivity contribution in [2.24, 2.45) is 0 Å². The molecule has 0 aliphatic heterocycles. The molecular formula is C56H94O6. The summed E-state index contributed by atoms with van der Waals surface area (Å²) >= 11 is 0. The lowest BCUT2D eigenvalue weighted by Gasteiger charge is -2.18. The van der Waals surface area contributed by atoms with Gasteiger partial charge in [0.15, 0.2) is 6.10 Å². The lowest BCUT2D eigenvalue weighted by Crippen LogP contribution is -2.30. The number of hydrogen-bond acceptors (Lipinski definition) is 6. The van der Waals surface area contributed by atoms with Crippen molar-refractivity contribution in [3.8, 4) is 0 Å². The van der Waals surface area contributed by atoms with E-state index >= 15 is 0 Å². The van der Waals surface area contributed by atoms with E-state index < -0.39 is 12.1 Å². The molecule has 0 aromatic heterocycles. The highest BCUT2D eigenvalue weighted by Crippen LogP contribution is 2.14. The number of ether oxygens (including phenoxy) is 3. The van der Waals surface area contributed by atoms with E-state index in [2.05, 4.69) is 93.7 Å². The van der Waals surface area contributed by atoms with Crippen molar-refractivity contribution >= 4 is 17.9 Å². The Bertz CT molecular complexity index is 1220. The van der Waals surface area contributed by atoms with Gasteiger partial charge in [0.25, 0.3) is 0 Å². The first-order valence-corrected chi connectivity index (χ1v) is 25.6. The Morgan fingerprint density at radius 1 is 0.355 bits per heavy atom. The van der Waals surface area contributed by atoms with Crippen LogP contribution in [0.5, 0.6) is 0 Å². The molecular weight excluding hydrogens is 769 g/mol. The molecule has 1 unspecified atom stereocenters. The van der Waals surface area contributed by atoms with Gasteiger partial charge in [-0.05, 0) is 77.0 Å². The molecule has 0 spiro atoms. The zero-order chi connectivity index (χ0) is 45.1. The molecule has 0 N–H and O–H groups in total. The normalized spacial score (nSPS) is 12.8. The lowest BCUT2D eigenvalue weighted by atomic mass is 10.1. The molecule has 0 fully saturated rings. The van der Waals surface area contributed by atoms with Crippen molar-refractivity contribution in [1.82, 2.24) is 0 Å². The minimum atomic E-state index is -0.831. The van der Waals surface area contributed by atoms with E-state index in [-0.39, 0.29) is 31.6 Å². The second kappa shape index (κ2) is 50.2. The zero-order valence-electron chi connectivity index (χ0n) is 40.4. The predicted octanol–water partition coefficient (Wildman–Crippen LogP) is 16.8. The fourth-order valence-corrected chi connectivity index (χ4v) is 6.84. The topological polar surface area (TPSA) is 78.9 Å². The molecule has 0 aromatic rings. The second-order valence-corrected chi connectivity index (χ2v) is 16.7. The molecule has 0 radical (unpaired) electrons. The Morgan fingerprint density at radius 3 is 1.08 bits per heavy atom. The average molecular weight is 863 g/mol. The maximum absolute atomic E-state index is 12.7.